The Morgan fingerprint density at radius 2 is 1.75 bits per heavy atom. The van der Waals surface area contributed by atoms with Gasteiger partial charge in [0, 0.05) is 11.5 Å². The van der Waals surface area contributed by atoms with Crippen LogP contribution in [0.5, 0.6) is 0 Å². The zero-order valence-corrected chi connectivity index (χ0v) is 11.8. The lowest BCUT2D eigenvalue weighted by atomic mass is 9.86. The van der Waals surface area contributed by atoms with Gasteiger partial charge in [-0.3, -0.25) is 0 Å². The van der Waals surface area contributed by atoms with Gasteiger partial charge in [0.15, 0.2) is 0 Å². The van der Waals surface area contributed by atoms with Gasteiger partial charge >= 0.3 is 0 Å². The lowest BCUT2D eigenvalue weighted by Crippen LogP contribution is -2.14. The standard InChI is InChI=1S/C14H23OP/c1-12(10-14(2,3)4)11-16(15)13-8-6-5-7-9-13/h5-9,12,16H,10-11H2,1-4H3. The fraction of sp³-hybridized carbons (Fsp3) is 0.571. The Morgan fingerprint density at radius 1 is 1.19 bits per heavy atom. The molecule has 0 aliphatic heterocycles. The van der Waals surface area contributed by atoms with Crippen LogP contribution in [0.2, 0.25) is 0 Å². The minimum absolute atomic E-state index is 0.332. The van der Waals surface area contributed by atoms with Crippen molar-refractivity contribution in [2.24, 2.45) is 11.3 Å². The predicted octanol–water partition coefficient (Wildman–Crippen LogP) is 3.94. The summed E-state index contributed by atoms with van der Waals surface area (Å²) in [5.74, 6) is 0.534. The first kappa shape index (κ1) is 13.5. The van der Waals surface area contributed by atoms with Crippen molar-refractivity contribution in [1.82, 2.24) is 0 Å². The van der Waals surface area contributed by atoms with Crippen LogP contribution in [0, 0.1) is 11.3 Å². The number of rotatable bonds is 4. The van der Waals surface area contributed by atoms with Crippen LogP contribution >= 0.6 is 7.80 Å². The van der Waals surface area contributed by atoms with Crippen molar-refractivity contribution in [3.8, 4) is 0 Å². The lowest BCUT2D eigenvalue weighted by molar-refractivity contribution is 0.322. The molecule has 0 bridgehead atoms. The molecule has 2 atom stereocenters. The third kappa shape index (κ3) is 4.99. The third-order valence-electron chi connectivity index (χ3n) is 2.59. The minimum Gasteiger partial charge on any atom is -0.322 e. The van der Waals surface area contributed by atoms with Gasteiger partial charge in [0.05, 0.1) is 0 Å². The maximum atomic E-state index is 12.1. The van der Waals surface area contributed by atoms with E-state index >= 15 is 0 Å². The fourth-order valence-electron chi connectivity index (χ4n) is 2.18. The molecule has 0 spiro atoms. The number of hydrogen-bond acceptors (Lipinski definition) is 1. The molecule has 0 saturated carbocycles. The van der Waals surface area contributed by atoms with E-state index in [1.165, 1.54) is 0 Å². The van der Waals surface area contributed by atoms with Crippen LogP contribution in [0.1, 0.15) is 34.1 Å². The Bertz CT molecular complexity index is 338. The van der Waals surface area contributed by atoms with Gasteiger partial charge < -0.3 is 4.57 Å². The van der Waals surface area contributed by atoms with E-state index in [9.17, 15) is 4.57 Å². The maximum Gasteiger partial charge on any atom is 0.104 e. The van der Waals surface area contributed by atoms with Crippen LogP contribution in [0.4, 0.5) is 0 Å². The SMILES string of the molecule is CC(C[PH](=O)c1ccccc1)CC(C)(C)C. The summed E-state index contributed by atoms with van der Waals surface area (Å²) in [4.78, 5) is 0. The minimum atomic E-state index is -1.59. The normalized spacial score (nSPS) is 15.8. The summed E-state index contributed by atoms with van der Waals surface area (Å²) in [5.41, 5.74) is 0.332. The summed E-state index contributed by atoms with van der Waals surface area (Å²) >= 11 is 0. The molecule has 0 saturated heterocycles. The highest BCUT2D eigenvalue weighted by molar-refractivity contribution is 7.53. The van der Waals surface area contributed by atoms with Crippen LogP contribution in [0.15, 0.2) is 30.3 Å². The van der Waals surface area contributed by atoms with Crippen LogP contribution in [-0.4, -0.2) is 6.16 Å². The second kappa shape index (κ2) is 5.68. The van der Waals surface area contributed by atoms with E-state index in [1.54, 1.807) is 0 Å². The summed E-state index contributed by atoms with van der Waals surface area (Å²) in [7, 11) is -1.59. The Balaban J connectivity index is 2.53. The van der Waals surface area contributed by atoms with Crippen molar-refractivity contribution in [2.45, 2.75) is 34.1 Å². The highest BCUT2D eigenvalue weighted by Crippen LogP contribution is 2.30. The second-order valence-electron chi connectivity index (χ2n) is 5.86. The van der Waals surface area contributed by atoms with Crippen molar-refractivity contribution in [1.29, 1.82) is 0 Å². The lowest BCUT2D eigenvalue weighted by Gasteiger charge is -2.23. The third-order valence-corrected chi connectivity index (χ3v) is 4.64. The van der Waals surface area contributed by atoms with E-state index < -0.39 is 7.80 Å². The average molecular weight is 238 g/mol. The Hall–Kier alpha value is -0.550. The topological polar surface area (TPSA) is 17.1 Å². The summed E-state index contributed by atoms with van der Waals surface area (Å²) in [6.45, 7) is 8.92. The molecule has 0 fully saturated rings. The molecule has 1 aromatic carbocycles. The van der Waals surface area contributed by atoms with Gasteiger partial charge in [-0.1, -0.05) is 58.0 Å². The van der Waals surface area contributed by atoms with E-state index in [1.807, 2.05) is 30.3 Å². The number of benzene rings is 1. The Morgan fingerprint density at radius 3 is 2.25 bits per heavy atom. The molecule has 2 unspecified atom stereocenters. The molecule has 0 aliphatic rings. The second-order valence-corrected chi connectivity index (χ2v) is 7.70. The zero-order valence-electron chi connectivity index (χ0n) is 10.8. The van der Waals surface area contributed by atoms with Crippen molar-refractivity contribution in [3.05, 3.63) is 30.3 Å². The maximum absolute atomic E-state index is 12.1. The molecular weight excluding hydrogens is 215 g/mol. The summed E-state index contributed by atoms with van der Waals surface area (Å²) in [6, 6.07) is 9.85. The highest BCUT2D eigenvalue weighted by Gasteiger charge is 2.17. The van der Waals surface area contributed by atoms with E-state index in [2.05, 4.69) is 27.7 Å². The molecule has 0 aliphatic carbocycles. The van der Waals surface area contributed by atoms with Gasteiger partial charge in [0.25, 0.3) is 0 Å². The highest BCUT2D eigenvalue weighted by atomic mass is 31.1. The van der Waals surface area contributed by atoms with E-state index in [0.717, 1.165) is 17.9 Å². The molecule has 0 N–H and O–H groups in total. The average Bonchev–Trinajstić information content (AvgIpc) is 2.16. The summed E-state index contributed by atoms with van der Waals surface area (Å²) in [5, 5.41) is 1.02. The Kier molecular flexibility index (Phi) is 4.80. The number of hydrogen-bond donors (Lipinski definition) is 0. The molecule has 90 valence electrons. The van der Waals surface area contributed by atoms with Gasteiger partial charge in [-0.2, -0.15) is 0 Å². The van der Waals surface area contributed by atoms with Crippen LogP contribution in [0.25, 0.3) is 0 Å². The smallest absolute Gasteiger partial charge is 0.104 e. The molecule has 0 heterocycles. The van der Waals surface area contributed by atoms with E-state index in [0.29, 0.717) is 11.3 Å². The first-order valence-electron chi connectivity index (χ1n) is 5.97. The molecule has 0 aromatic heterocycles. The molecule has 1 aromatic rings. The Labute approximate surface area is 100 Å². The van der Waals surface area contributed by atoms with Crippen LogP contribution in [-0.2, 0) is 4.57 Å². The summed E-state index contributed by atoms with van der Waals surface area (Å²) < 4.78 is 12.1. The molecule has 16 heavy (non-hydrogen) atoms. The molecule has 0 radical (unpaired) electrons. The fourth-order valence-corrected chi connectivity index (χ4v) is 3.75. The van der Waals surface area contributed by atoms with E-state index in [-0.39, 0.29) is 0 Å². The molecule has 0 amide bonds. The van der Waals surface area contributed by atoms with Gasteiger partial charge in [0.1, 0.15) is 7.80 Å². The molecule has 2 heteroatoms. The van der Waals surface area contributed by atoms with Crippen LogP contribution < -0.4 is 5.30 Å². The van der Waals surface area contributed by atoms with Crippen molar-refractivity contribution < 1.29 is 4.57 Å². The van der Waals surface area contributed by atoms with E-state index in [4.69, 9.17) is 0 Å². The van der Waals surface area contributed by atoms with Crippen molar-refractivity contribution in [3.63, 3.8) is 0 Å². The van der Waals surface area contributed by atoms with Gasteiger partial charge in [-0.25, -0.2) is 0 Å². The van der Waals surface area contributed by atoms with Gasteiger partial charge in [-0.05, 0) is 17.8 Å². The van der Waals surface area contributed by atoms with Crippen molar-refractivity contribution in [2.75, 3.05) is 6.16 Å². The molecule has 1 rings (SSSR count). The van der Waals surface area contributed by atoms with Crippen molar-refractivity contribution >= 4 is 13.1 Å². The van der Waals surface area contributed by atoms with Gasteiger partial charge in [0.2, 0.25) is 0 Å². The molecular formula is C14H23OP. The monoisotopic (exact) mass is 238 g/mol. The predicted molar refractivity (Wildman–Crippen MR) is 73.2 cm³/mol. The first-order chi connectivity index (χ1) is 7.38. The first-order valence-corrected chi connectivity index (χ1v) is 7.58. The van der Waals surface area contributed by atoms with Crippen LogP contribution in [0.3, 0.4) is 0 Å². The summed E-state index contributed by atoms with van der Waals surface area (Å²) in [6.07, 6.45) is 1.97. The quantitative estimate of drug-likeness (QED) is 0.726. The zero-order chi connectivity index (χ0) is 12.2. The molecule has 1 nitrogen and oxygen atoms in total. The largest absolute Gasteiger partial charge is 0.322 e. The van der Waals surface area contributed by atoms with Gasteiger partial charge in [-0.15, -0.1) is 0 Å².